The molecule has 3 rings (SSSR count). The fourth-order valence-corrected chi connectivity index (χ4v) is 3.53. The first kappa shape index (κ1) is 18.2. The number of nitrogens with one attached hydrogen (secondary N) is 2. The van der Waals surface area contributed by atoms with Crippen LogP contribution in [0.15, 0.2) is 58.4 Å². The summed E-state index contributed by atoms with van der Waals surface area (Å²) in [5.74, 6) is 0.852. The molecule has 0 aromatic heterocycles. The monoisotopic (exact) mass is 374 g/mol. The molecule has 0 amide bonds. The average molecular weight is 374 g/mol. The molecule has 1 aliphatic heterocycles. The third-order valence-electron chi connectivity index (χ3n) is 4.03. The molecule has 0 saturated heterocycles. The molecular formula is C18H22N4O3S. The number of benzene rings is 2. The zero-order chi connectivity index (χ0) is 18.6. The molecule has 7 nitrogen and oxygen atoms in total. The zero-order valence-corrected chi connectivity index (χ0v) is 15.6. The normalized spacial score (nSPS) is 15.1. The van der Waals surface area contributed by atoms with E-state index in [0.717, 1.165) is 6.54 Å². The van der Waals surface area contributed by atoms with Gasteiger partial charge in [-0.25, -0.2) is 18.1 Å². The summed E-state index contributed by atoms with van der Waals surface area (Å²) in [5, 5.41) is 3.01. The summed E-state index contributed by atoms with van der Waals surface area (Å²) in [6, 6.07) is 14.5. The molecule has 0 bridgehead atoms. The van der Waals surface area contributed by atoms with Crippen LogP contribution in [0.4, 0.5) is 0 Å². The van der Waals surface area contributed by atoms with Crippen LogP contribution in [-0.2, 0) is 16.6 Å². The molecule has 0 aliphatic carbocycles. The minimum absolute atomic E-state index is 0.157. The molecule has 138 valence electrons. The Labute approximate surface area is 153 Å². The number of methoxy groups -OCH3 is 1. The predicted molar refractivity (Wildman–Crippen MR) is 100 cm³/mol. The van der Waals surface area contributed by atoms with Crippen LogP contribution in [0.3, 0.4) is 0 Å². The van der Waals surface area contributed by atoms with Crippen molar-refractivity contribution < 1.29 is 13.2 Å². The molecule has 1 heterocycles. The van der Waals surface area contributed by atoms with Gasteiger partial charge in [-0.3, -0.25) is 4.90 Å². The fourth-order valence-electron chi connectivity index (χ4n) is 2.53. The molecule has 0 unspecified atom stereocenters. The van der Waals surface area contributed by atoms with E-state index in [1.54, 1.807) is 12.1 Å². The maximum atomic E-state index is 12.4. The molecule has 26 heavy (non-hydrogen) atoms. The lowest BCUT2D eigenvalue weighted by Gasteiger charge is -2.27. The Morgan fingerprint density at radius 2 is 1.85 bits per heavy atom. The van der Waals surface area contributed by atoms with E-state index in [4.69, 9.17) is 4.74 Å². The van der Waals surface area contributed by atoms with E-state index in [2.05, 4.69) is 51.1 Å². The first-order chi connectivity index (χ1) is 12.5. The van der Waals surface area contributed by atoms with Crippen LogP contribution in [0, 0.1) is 6.92 Å². The minimum Gasteiger partial charge on any atom is -0.497 e. The minimum atomic E-state index is -3.68. The van der Waals surface area contributed by atoms with Crippen LogP contribution >= 0.6 is 0 Å². The van der Waals surface area contributed by atoms with Crippen LogP contribution in [0.25, 0.3) is 0 Å². The average Bonchev–Trinajstić information content (AvgIpc) is 2.65. The van der Waals surface area contributed by atoms with Gasteiger partial charge in [0.25, 0.3) is 10.0 Å². The number of aryl methyl sites for hydroxylation is 1. The van der Waals surface area contributed by atoms with Gasteiger partial charge in [0, 0.05) is 6.54 Å². The number of sulfonamides is 1. The van der Waals surface area contributed by atoms with Gasteiger partial charge < -0.3 is 10.1 Å². The summed E-state index contributed by atoms with van der Waals surface area (Å²) in [7, 11) is -2.15. The third-order valence-corrected chi connectivity index (χ3v) is 5.38. The second-order valence-electron chi connectivity index (χ2n) is 6.08. The highest BCUT2D eigenvalue weighted by Gasteiger charge is 2.19. The van der Waals surface area contributed by atoms with Gasteiger partial charge in [-0.2, -0.15) is 0 Å². The van der Waals surface area contributed by atoms with E-state index < -0.39 is 10.0 Å². The Morgan fingerprint density at radius 3 is 2.42 bits per heavy atom. The van der Waals surface area contributed by atoms with E-state index in [1.807, 2.05) is 0 Å². The molecule has 2 N–H and O–H groups in total. The summed E-state index contributed by atoms with van der Waals surface area (Å²) in [4.78, 5) is 6.52. The van der Waals surface area contributed by atoms with Crippen molar-refractivity contribution in [3.8, 4) is 5.75 Å². The third kappa shape index (κ3) is 4.53. The van der Waals surface area contributed by atoms with Crippen LogP contribution in [0.2, 0.25) is 0 Å². The molecule has 1 aliphatic rings. The molecule has 0 radical (unpaired) electrons. The Kier molecular flexibility index (Phi) is 5.43. The van der Waals surface area contributed by atoms with Crippen molar-refractivity contribution in [2.24, 2.45) is 4.99 Å². The quantitative estimate of drug-likeness (QED) is 0.832. The first-order valence-corrected chi connectivity index (χ1v) is 9.68. The number of hydrogen-bond donors (Lipinski definition) is 2. The lowest BCUT2D eigenvalue weighted by molar-refractivity contribution is 0.255. The lowest BCUT2D eigenvalue weighted by Crippen LogP contribution is -2.49. The van der Waals surface area contributed by atoms with E-state index >= 15 is 0 Å². The van der Waals surface area contributed by atoms with Crippen LogP contribution < -0.4 is 14.8 Å². The van der Waals surface area contributed by atoms with Crippen molar-refractivity contribution in [1.29, 1.82) is 0 Å². The van der Waals surface area contributed by atoms with Crippen LogP contribution in [0.1, 0.15) is 11.1 Å². The van der Waals surface area contributed by atoms with Gasteiger partial charge in [0.05, 0.1) is 25.3 Å². The molecule has 0 fully saturated rings. The molecule has 0 spiro atoms. The highest BCUT2D eigenvalue weighted by Crippen LogP contribution is 2.15. The summed E-state index contributed by atoms with van der Waals surface area (Å²) < 4.78 is 32.4. The molecule has 2 aromatic carbocycles. The second-order valence-corrected chi connectivity index (χ2v) is 7.76. The number of hydrogen-bond acceptors (Lipinski definition) is 6. The van der Waals surface area contributed by atoms with Crippen molar-refractivity contribution in [3.05, 3.63) is 59.7 Å². The smallest absolute Gasteiger partial charge is 0.264 e. The fraction of sp³-hybridized carbons (Fsp3) is 0.278. The maximum absolute atomic E-state index is 12.4. The number of guanidine groups is 1. The van der Waals surface area contributed by atoms with Crippen molar-refractivity contribution in [1.82, 2.24) is 14.9 Å². The Hall–Kier alpha value is -2.58. The van der Waals surface area contributed by atoms with Gasteiger partial charge in [-0.1, -0.05) is 29.8 Å². The highest BCUT2D eigenvalue weighted by atomic mass is 32.2. The lowest BCUT2D eigenvalue weighted by atomic mass is 10.1. The number of ether oxygens (including phenoxy) is 1. The van der Waals surface area contributed by atoms with Crippen molar-refractivity contribution in [3.63, 3.8) is 0 Å². The van der Waals surface area contributed by atoms with Gasteiger partial charge in [0.2, 0.25) is 5.96 Å². The molecule has 0 saturated carbocycles. The topological polar surface area (TPSA) is 83.0 Å². The van der Waals surface area contributed by atoms with E-state index in [1.165, 1.54) is 30.4 Å². The Morgan fingerprint density at radius 1 is 1.15 bits per heavy atom. The molecule has 8 heteroatoms. The van der Waals surface area contributed by atoms with Gasteiger partial charge >= 0.3 is 0 Å². The standard InChI is InChI=1S/C18H22N4O3S/c1-14-3-5-15(6-4-14)11-22-12-19-18(20-13-22)21-26(23,24)17-9-7-16(25-2)8-10-17/h3-10H,11-13H2,1-2H3,(H2,19,20,21). The van der Waals surface area contributed by atoms with E-state index in [0.29, 0.717) is 19.1 Å². The van der Waals surface area contributed by atoms with Crippen molar-refractivity contribution >= 4 is 16.0 Å². The maximum Gasteiger partial charge on any atom is 0.264 e. The predicted octanol–water partition coefficient (Wildman–Crippen LogP) is 1.66. The second kappa shape index (κ2) is 7.76. The molecule has 2 aromatic rings. The van der Waals surface area contributed by atoms with E-state index in [-0.39, 0.29) is 10.9 Å². The van der Waals surface area contributed by atoms with Gasteiger partial charge in [0.15, 0.2) is 0 Å². The van der Waals surface area contributed by atoms with Crippen molar-refractivity contribution in [2.75, 3.05) is 20.4 Å². The summed E-state index contributed by atoms with van der Waals surface area (Å²) in [6.07, 6.45) is 0. The van der Waals surface area contributed by atoms with Crippen LogP contribution in [0.5, 0.6) is 5.75 Å². The zero-order valence-electron chi connectivity index (χ0n) is 14.8. The molecular weight excluding hydrogens is 352 g/mol. The van der Waals surface area contributed by atoms with Gasteiger partial charge in [-0.05, 0) is 36.8 Å². The Bertz CT molecular complexity index is 878. The largest absolute Gasteiger partial charge is 0.497 e. The first-order valence-electron chi connectivity index (χ1n) is 8.19. The van der Waals surface area contributed by atoms with E-state index in [9.17, 15) is 8.42 Å². The summed E-state index contributed by atoms with van der Waals surface area (Å²) in [6.45, 7) is 3.73. The number of rotatable bonds is 5. The summed E-state index contributed by atoms with van der Waals surface area (Å²) >= 11 is 0. The van der Waals surface area contributed by atoms with Gasteiger partial charge in [-0.15, -0.1) is 0 Å². The van der Waals surface area contributed by atoms with Crippen molar-refractivity contribution in [2.45, 2.75) is 18.4 Å². The highest BCUT2D eigenvalue weighted by molar-refractivity contribution is 7.90. The number of nitrogens with zero attached hydrogens (tertiary/aromatic N) is 2. The van der Waals surface area contributed by atoms with Crippen LogP contribution in [-0.4, -0.2) is 39.7 Å². The molecule has 0 atom stereocenters. The number of aliphatic imine (C=N–C) groups is 1. The SMILES string of the molecule is COc1ccc(S(=O)(=O)NC2=NCN(Cc3ccc(C)cc3)CN2)cc1. The van der Waals surface area contributed by atoms with Gasteiger partial charge in [0.1, 0.15) is 5.75 Å². The Balaban J connectivity index is 1.60. The summed E-state index contributed by atoms with van der Waals surface area (Å²) in [5.41, 5.74) is 2.41.